The van der Waals surface area contributed by atoms with Crippen molar-refractivity contribution in [3.05, 3.63) is 35.7 Å². The highest BCUT2D eigenvalue weighted by atomic mass is 19.1. The van der Waals surface area contributed by atoms with Crippen LogP contribution in [-0.4, -0.2) is 60.0 Å². The predicted molar refractivity (Wildman–Crippen MR) is 132 cm³/mol. The van der Waals surface area contributed by atoms with Gasteiger partial charge in [-0.2, -0.15) is 0 Å². The van der Waals surface area contributed by atoms with Gasteiger partial charge in [-0.05, 0) is 83.4 Å². The summed E-state index contributed by atoms with van der Waals surface area (Å²) >= 11 is 0. The van der Waals surface area contributed by atoms with Crippen LogP contribution in [0.15, 0.2) is 24.3 Å². The Hall–Kier alpha value is -2.61. The Bertz CT molecular complexity index is 917. The largest absolute Gasteiger partial charge is 0.493 e. The number of hydrogen-bond acceptors (Lipinski definition) is 5. The van der Waals surface area contributed by atoms with E-state index in [1.54, 1.807) is 24.0 Å². The minimum absolute atomic E-state index is 0.0673. The monoisotopic (exact) mass is 490 g/mol. The van der Waals surface area contributed by atoms with Gasteiger partial charge in [-0.15, -0.1) is 0 Å². The van der Waals surface area contributed by atoms with E-state index in [0.29, 0.717) is 56.2 Å². The van der Waals surface area contributed by atoms with Crippen molar-refractivity contribution < 1.29 is 28.6 Å². The molecule has 35 heavy (non-hydrogen) atoms. The number of allylic oxidation sites excluding steroid dienone is 2. The van der Waals surface area contributed by atoms with Gasteiger partial charge in [0.25, 0.3) is 0 Å². The normalized spacial score (nSPS) is 20.1. The minimum Gasteiger partial charge on any atom is -0.493 e. The van der Waals surface area contributed by atoms with Gasteiger partial charge in [0, 0.05) is 37.2 Å². The van der Waals surface area contributed by atoms with Gasteiger partial charge in [-0.1, -0.05) is 6.08 Å². The molecule has 2 atom stereocenters. The highest BCUT2D eigenvalue weighted by Crippen LogP contribution is 2.33. The predicted octanol–water partition coefficient (Wildman–Crippen LogP) is 4.53. The molecule has 2 aliphatic rings. The maximum absolute atomic E-state index is 14.9. The van der Waals surface area contributed by atoms with Crippen LogP contribution in [0.5, 0.6) is 5.75 Å². The van der Waals surface area contributed by atoms with Gasteiger partial charge in [0.15, 0.2) is 0 Å². The van der Waals surface area contributed by atoms with Crippen LogP contribution in [0.2, 0.25) is 0 Å². The molecule has 1 aliphatic heterocycles. The third kappa shape index (κ3) is 8.23. The summed E-state index contributed by atoms with van der Waals surface area (Å²) in [6.45, 7) is 9.18. The van der Waals surface area contributed by atoms with Crippen LogP contribution in [0.25, 0.3) is 5.57 Å². The van der Waals surface area contributed by atoms with Crippen LogP contribution in [0.4, 0.5) is 9.18 Å². The van der Waals surface area contributed by atoms with E-state index in [2.05, 4.69) is 5.32 Å². The number of amides is 2. The number of carbonyl (C=O) groups is 2. The lowest BCUT2D eigenvalue weighted by Crippen LogP contribution is -2.42. The van der Waals surface area contributed by atoms with E-state index >= 15 is 0 Å². The Balaban J connectivity index is 1.46. The summed E-state index contributed by atoms with van der Waals surface area (Å²) < 4.78 is 26.2. The number of piperidine rings is 1. The number of carbonyl (C=O) groups excluding carboxylic acids is 2. The number of halogens is 1. The van der Waals surface area contributed by atoms with E-state index in [4.69, 9.17) is 9.47 Å². The fourth-order valence-electron chi connectivity index (χ4n) is 4.38. The smallest absolute Gasteiger partial charge is 0.410 e. The second kappa shape index (κ2) is 11.9. The molecule has 7 nitrogen and oxygen atoms in total. The molecule has 1 heterocycles. The molecule has 0 saturated carbocycles. The summed E-state index contributed by atoms with van der Waals surface area (Å²) in [5.74, 6) is 0.250. The molecule has 0 radical (unpaired) electrons. The summed E-state index contributed by atoms with van der Waals surface area (Å²) in [6, 6.07) is 4.96. The first-order chi connectivity index (χ1) is 16.5. The van der Waals surface area contributed by atoms with Crippen molar-refractivity contribution in [3.8, 4) is 5.75 Å². The summed E-state index contributed by atoms with van der Waals surface area (Å²) in [4.78, 5) is 26.1. The number of hydrogen-bond donors (Lipinski definition) is 2. The molecule has 2 amide bonds. The molecule has 8 heteroatoms. The molecule has 2 unspecified atom stereocenters. The average molecular weight is 491 g/mol. The van der Waals surface area contributed by atoms with Crippen LogP contribution in [-0.2, 0) is 9.53 Å². The first kappa shape index (κ1) is 27.0. The van der Waals surface area contributed by atoms with Gasteiger partial charge in [0.1, 0.15) is 17.2 Å². The van der Waals surface area contributed by atoms with Crippen LogP contribution < -0.4 is 10.1 Å². The van der Waals surface area contributed by atoms with Gasteiger partial charge in [0.05, 0.1) is 12.7 Å². The number of rotatable bonds is 7. The molecule has 1 fully saturated rings. The van der Waals surface area contributed by atoms with Crippen LogP contribution in [0, 0.1) is 17.7 Å². The lowest BCUT2D eigenvalue weighted by Gasteiger charge is -2.33. The SMILES string of the molecule is CC(O)CNC(=O)C1CC=C(c2ccc(OCC3CCN(C(=O)OC(C)(C)C)CC3)cc2F)CC1. The van der Waals surface area contributed by atoms with E-state index in [1.807, 2.05) is 26.8 Å². The molecule has 1 aromatic carbocycles. The Kier molecular flexibility index (Phi) is 9.16. The average Bonchev–Trinajstić information content (AvgIpc) is 2.80. The molecule has 1 aromatic rings. The number of likely N-dealkylation sites (tertiary alicyclic amines) is 1. The zero-order valence-corrected chi connectivity index (χ0v) is 21.3. The minimum atomic E-state index is -0.575. The van der Waals surface area contributed by atoms with Crippen molar-refractivity contribution >= 4 is 17.6 Å². The highest BCUT2D eigenvalue weighted by molar-refractivity contribution is 5.80. The second-order valence-corrected chi connectivity index (χ2v) is 10.7. The number of aliphatic hydroxyl groups is 1. The lowest BCUT2D eigenvalue weighted by atomic mass is 9.86. The van der Waals surface area contributed by atoms with Crippen molar-refractivity contribution in [2.24, 2.45) is 11.8 Å². The van der Waals surface area contributed by atoms with Gasteiger partial charge < -0.3 is 24.8 Å². The fourth-order valence-corrected chi connectivity index (χ4v) is 4.38. The van der Waals surface area contributed by atoms with Crippen LogP contribution >= 0.6 is 0 Å². The Morgan fingerprint density at radius 3 is 2.51 bits per heavy atom. The van der Waals surface area contributed by atoms with Crippen molar-refractivity contribution in [3.63, 3.8) is 0 Å². The molecule has 0 aromatic heterocycles. The van der Waals surface area contributed by atoms with Gasteiger partial charge in [-0.3, -0.25) is 4.79 Å². The summed E-state index contributed by atoms with van der Waals surface area (Å²) in [6.07, 6.45) is 4.55. The quantitative estimate of drug-likeness (QED) is 0.586. The second-order valence-electron chi connectivity index (χ2n) is 10.7. The van der Waals surface area contributed by atoms with E-state index in [-0.39, 0.29) is 30.3 Å². The Labute approximate surface area is 207 Å². The van der Waals surface area contributed by atoms with Crippen LogP contribution in [0.3, 0.4) is 0 Å². The van der Waals surface area contributed by atoms with E-state index in [9.17, 15) is 19.1 Å². The van der Waals surface area contributed by atoms with E-state index in [0.717, 1.165) is 18.4 Å². The third-order valence-electron chi connectivity index (χ3n) is 6.39. The molecule has 0 spiro atoms. The molecular formula is C27H39FN2O5. The van der Waals surface area contributed by atoms with Crippen molar-refractivity contribution in [2.45, 2.75) is 71.5 Å². The zero-order chi connectivity index (χ0) is 25.6. The molecule has 1 aliphatic carbocycles. The van der Waals surface area contributed by atoms with Crippen LogP contribution in [0.1, 0.15) is 65.4 Å². The first-order valence-electron chi connectivity index (χ1n) is 12.6. The summed E-state index contributed by atoms with van der Waals surface area (Å²) in [7, 11) is 0. The molecule has 194 valence electrons. The van der Waals surface area contributed by atoms with Crippen molar-refractivity contribution in [2.75, 3.05) is 26.2 Å². The van der Waals surface area contributed by atoms with E-state index in [1.165, 1.54) is 6.07 Å². The van der Waals surface area contributed by atoms with Gasteiger partial charge >= 0.3 is 6.09 Å². The number of nitrogens with one attached hydrogen (secondary N) is 1. The van der Waals surface area contributed by atoms with E-state index < -0.39 is 11.7 Å². The summed E-state index contributed by atoms with van der Waals surface area (Å²) in [5.41, 5.74) is 0.949. The molecule has 3 rings (SSSR count). The number of ether oxygens (including phenoxy) is 2. The first-order valence-corrected chi connectivity index (χ1v) is 12.6. The van der Waals surface area contributed by atoms with Crippen molar-refractivity contribution in [1.29, 1.82) is 0 Å². The highest BCUT2D eigenvalue weighted by Gasteiger charge is 2.27. The maximum Gasteiger partial charge on any atom is 0.410 e. The topological polar surface area (TPSA) is 88.1 Å². The number of nitrogens with zero attached hydrogens (tertiary/aromatic N) is 1. The van der Waals surface area contributed by atoms with Gasteiger partial charge in [0.2, 0.25) is 5.91 Å². The number of benzene rings is 1. The zero-order valence-electron chi connectivity index (χ0n) is 21.3. The maximum atomic E-state index is 14.9. The standard InChI is InChI=1S/C27H39FN2O5/c1-18(31)16-29-25(32)21-7-5-20(6-8-21)23-10-9-22(15-24(23)28)34-17-19-11-13-30(14-12-19)26(33)35-27(2,3)4/h5,9-10,15,18-19,21,31H,6-8,11-14,16-17H2,1-4H3,(H,29,32). The third-order valence-corrected chi connectivity index (χ3v) is 6.39. The molecular weight excluding hydrogens is 451 g/mol. The number of aliphatic hydroxyl groups excluding tert-OH is 1. The lowest BCUT2D eigenvalue weighted by molar-refractivity contribution is -0.125. The Morgan fingerprint density at radius 2 is 1.94 bits per heavy atom. The molecule has 2 N–H and O–H groups in total. The Morgan fingerprint density at radius 1 is 1.23 bits per heavy atom. The molecule has 1 saturated heterocycles. The fraction of sp³-hybridized carbons (Fsp3) is 0.630. The van der Waals surface area contributed by atoms with Crippen molar-refractivity contribution in [1.82, 2.24) is 10.2 Å². The van der Waals surface area contributed by atoms with Gasteiger partial charge in [-0.25, -0.2) is 9.18 Å². The summed E-state index contributed by atoms with van der Waals surface area (Å²) in [5, 5.41) is 12.1. The molecule has 0 bridgehead atoms.